The Kier molecular flexibility index (Phi) is 10.5. The number of amides is 1. The lowest BCUT2D eigenvalue weighted by molar-refractivity contribution is -0.115. The van der Waals surface area contributed by atoms with Crippen molar-refractivity contribution in [2.24, 2.45) is 7.05 Å². The lowest BCUT2D eigenvalue weighted by atomic mass is 10.0. The summed E-state index contributed by atoms with van der Waals surface area (Å²) in [6.07, 6.45) is 1.36. The standard InChI is InChI=1S/C35H36ClN5O5S/c1-40(2)32-13-7-12-29-28(32)11-8-14-33(29)47(43,44)38-20-19-37-35(42)30(23-45-4)27-10-6-5-9-25(27)22-46-34-21-31(39-41(34)3)24-15-17-26(36)18-16-24/h5-18,21,23,38H,19-20,22H2,1-4H3,(H,37,42)/b30-23+. The van der Waals surface area contributed by atoms with Crippen LogP contribution in [0.1, 0.15) is 11.1 Å². The number of rotatable bonds is 13. The highest BCUT2D eigenvalue weighted by Crippen LogP contribution is 2.30. The van der Waals surface area contributed by atoms with E-state index < -0.39 is 15.9 Å². The third-order valence-corrected chi connectivity index (χ3v) is 9.24. The Labute approximate surface area is 279 Å². The molecule has 10 nitrogen and oxygen atoms in total. The van der Waals surface area contributed by atoms with Crippen molar-refractivity contribution in [3.63, 3.8) is 0 Å². The van der Waals surface area contributed by atoms with Crippen LogP contribution in [-0.2, 0) is 33.2 Å². The first-order chi connectivity index (χ1) is 22.6. The van der Waals surface area contributed by atoms with Crippen molar-refractivity contribution in [2.45, 2.75) is 11.5 Å². The minimum atomic E-state index is -3.86. The maximum absolute atomic E-state index is 13.4. The van der Waals surface area contributed by atoms with E-state index in [1.54, 1.807) is 48.1 Å². The predicted molar refractivity (Wildman–Crippen MR) is 186 cm³/mol. The van der Waals surface area contributed by atoms with E-state index in [2.05, 4.69) is 15.1 Å². The van der Waals surface area contributed by atoms with E-state index >= 15 is 0 Å². The van der Waals surface area contributed by atoms with Gasteiger partial charge in [-0.2, -0.15) is 5.10 Å². The number of nitrogens with zero attached hydrogens (tertiary/aromatic N) is 3. The molecule has 5 rings (SSSR count). The van der Waals surface area contributed by atoms with Crippen LogP contribution >= 0.6 is 11.6 Å². The Morgan fingerprint density at radius 2 is 1.68 bits per heavy atom. The van der Waals surface area contributed by atoms with Crippen LogP contribution in [-0.4, -0.2) is 58.4 Å². The van der Waals surface area contributed by atoms with E-state index in [0.717, 1.165) is 27.9 Å². The fourth-order valence-electron chi connectivity index (χ4n) is 5.19. The molecule has 0 saturated carbocycles. The highest BCUT2D eigenvalue weighted by atomic mass is 35.5. The number of fused-ring (bicyclic) bond motifs is 1. The van der Waals surface area contributed by atoms with Gasteiger partial charge in [0.25, 0.3) is 5.91 Å². The molecule has 1 heterocycles. The zero-order valence-corrected chi connectivity index (χ0v) is 28.1. The number of carbonyl (C=O) groups excluding carboxylic acids is 1. The monoisotopic (exact) mass is 673 g/mol. The number of methoxy groups -OCH3 is 1. The molecule has 244 valence electrons. The number of aryl methyl sites for hydroxylation is 1. The van der Waals surface area contributed by atoms with Gasteiger partial charge < -0.3 is 19.7 Å². The smallest absolute Gasteiger partial charge is 0.255 e. The van der Waals surface area contributed by atoms with Crippen LogP contribution in [0.2, 0.25) is 5.02 Å². The Morgan fingerprint density at radius 1 is 0.957 bits per heavy atom. The van der Waals surface area contributed by atoms with Gasteiger partial charge in [0.15, 0.2) is 0 Å². The van der Waals surface area contributed by atoms with Crippen LogP contribution in [0, 0.1) is 0 Å². The van der Waals surface area contributed by atoms with Crippen molar-refractivity contribution in [3.8, 4) is 17.1 Å². The van der Waals surface area contributed by atoms with Gasteiger partial charge in [-0.1, -0.05) is 72.3 Å². The van der Waals surface area contributed by atoms with E-state index in [4.69, 9.17) is 21.1 Å². The van der Waals surface area contributed by atoms with E-state index in [-0.39, 0.29) is 30.2 Å². The number of ether oxygens (including phenoxy) is 2. The Bertz CT molecular complexity index is 2020. The Morgan fingerprint density at radius 3 is 2.43 bits per heavy atom. The van der Waals surface area contributed by atoms with E-state index in [1.807, 2.05) is 73.6 Å². The molecule has 1 aromatic heterocycles. The van der Waals surface area contributed by atoms with Gasteiger partial charge in [-0.25, -0.2) is 17.8 Å². The molecule has 2 N–H and O–H groups in total. The maximum atomic E-state index is 13.4. The number of hydrogen-bond donors (Lipinski definition) is 2. The number of nitrogens with one attached hydrogen (secondary N) is 2. The molecule has 0 unspecified atom stereocenters. The quantitative estimate of drug-likeness (QED) is 0.0947. The van der Waals surface area contributed by atoms with Gasteiger partial charge in [0.2, 0.25) is 15.9 Å². The van der Waals surface area contributed by atoms with Gasteiger partial charge in [0.1, 0.15) is 6.61 Å². The Hall–Kier alpha value is -4.84. The summed E-state index contributed by atoms with van der Waals surface area (Å²) in [7, 11) is 3.21. The second-order valence-corrected chi connectivity index (χ2v) is 13.1. The third-order valence-electron chi connectivity index (χ3n) is 7.47. The fraction of sp³-hybridized carbons (Fsp3) is 0.200. The van der Waals surface area contributed by atoms with Crippen LogP contribution in [0.3, 0.4) is 0 Å². The second-order valence-electron chi connectivity index (χ2n) is 10.9. The normalized spacial score (nSPS) is 11.8. The average Bonchev–Trinajstić information content (AvgIpc) is 3.44. The topological polar surface area (TPSA) is 115 Å². The van der Waals surface area contributed by atoms with Crippen molar-refractivity contribution in [1.29, 1.82) is 0 Å². The molecule has 0 aliphatic carbocycles. The number of halogens is 1. The molecule has 12 heteroatoms. The van der Waals surface area contributed by atoms with Crippen LogP contribution in [0.15, 0.2) is 102 Å². The summed E-state index contributed by atoms with van der Waals surface area (Å²) < 4.78 is 42.2. The van der Waals surface area contributed by atoms with Crippen molar-refractivity contribution in [1.82, 2.24) is 19.8 Å². The molecular formula is C35H36ClN5O5S. The van der Waals surface area contributed by atoms with Crippen molar-refractivity contribution < 1.29 is 22.7 Å². The summed E-state index contributed by atoms with van der Waals surface area (Å²) in [4.78, 5) is 15.5. The average molecular weight is 674 g/mol. The molecule has 0 saturated heterocycles. The lowest BCUT2D eigenvalue weighted by Crippen LogP contribution is -2.35. The van der Waals surface area contributed by atoms with Crippen molar-refractivity contribution in [3.05, 3.63) is 113 Å². The molecule has 47 heavy (non-hydrogen) atoms. The largest absolute Gasteiger partial charge is 0.504 e. The first-order valence-electron chi connectivity index (χ1n) is 14.8. The van der Waals surface area contributed by atoms with Crippen LogP contribution in [0.4, 0.5) is 5.69 Å². The molecule has 0 aliphatic heterocycles. The van der Waals surface area contributed by atoms with Gasteiger partial charge in [0.05, 0.1) is 29.5 Å². The van der Waals surface area contributed by atoms with E-state index in [1.165, 1.54) is 13.4 Å². The van der Waals surface area contributed by atoms with Crippen LogP contribution in [0.25, 0.3) is 27.6 Å². The van der Waals surface area contributed by atoms with Crippen LogP contribution < -0.4 is 19.7 Å². The summed E-state index contributed by atoms with van der Waals surface area (Å²) in [6.45, 7) is 0.192. The van der Waals surface area contributed by atoms with Gasteiger partial charge in [-0.3, -0.25) is 4.79 Å². The molecule has 0 atom stereocenters. The first kappa shape index (κ1) is 33.5. The number of sulfonamides is 1. The first-order valence-corrected chi connectivity index (χ1v) is 16.7. The van der Waals surface area contributed by atoms with Gasteiger partial charge in [-0.15, -0.1) is 0 Å². The predicted octanol–water partition coefficient (Wildman–Crippen LogP) is 5.62. The summed E-state index contributed by atoms with van der Waals surface area (Å²) in [6, 6.07) is 27.3. The van der Waals surface area contributed by atoms with Gasteiger partial charge in [0, 0.05) is 67.3 Å². The SMILES string of the molecule is CO/C=C(/C(=O)NCCNS(=O)(=O)c1cccc2c(N(C)C)cccc12)c1ccccc1COc1cc(-c2ccc(Cl)cc2)nn1C. The van der Waals surface area contributed by atoms with Crippen molar-refractivity contribution >= 4 is 49.6 Å². The molecule has 0 fully saturated rings. The summed E-state index contributed by atoms with van der Waals surface area (Å²) in [5.74, 6) is 0.118. The summed E-state index contributed by atoms with van der Waals surface area (Å²) in [5, 5.41) is 9.43. The highest BCUT2D eigenvalue weighted by molar-refractivity contribution is 7.89. The molecule has 0 bridgehead atoms. The summed E-state index contributed by atoms with van der Waals surface area (Å²) >= 11 is 6.02. The maximum Gasteiger partial charge on any atom is 0.255 e. The Balaban J connectivity index is 1.24. The van der Waals surface area contributed by atoms with Crippen LogP contribution in [0.5, 0.6) is 5.88 Å². The fourth-order valence-corrected chi connectivity index (χ4v) is 6.57. The molecule has 0 aliphatic rings. The van der Waals surface area contributed by atoms with Gasteiger partial charge >= 0.3 is 0 Å². The summed E-state index contributed by atoms with van der Waals surface area (Å²) in [5.41, 5.74) is 4.18. The minimum Gasteiger partial charge on any atom is -0.504 e. The van der Waals surface area contributed by atoms with E-state index in [9.17, 15) is 13.2 Å². The third kappa shape index (κ3) is 7.76. The molecule has 0 radical (unpaired) electrons. The molecule has 1 amide bonds. The zero-order valence-electron chi connectivity index (χ0n) is 26.5. The van der Waals surface area contributed by atoms with Crippen molar-refractivity contribution in [2.75, 3.05) is 39.2 Å². The van der Waals surface area contributed by atoms with Gasteiger partial charge in [-0.05, 0) is 35.4 Å². The highest BCUT2D eigenvalue weighted by Gasteiger charge is 2.20. The molecule has 0 spiro atoms. The lowest BCUT2D eigenvalue weighted by Gasteiger charge is -2.17. The number of hydrogen-bond acceptors (Lipinski definition) is 7. The number of anilines is 1. The number of carbonyl (C=O) groups is 1. The molecule has 4 aromatic carbocycles. The zero-order chi connectivity index (χ0) is 33.6. The minimum absolute atomic E-state index is 0.0146. The van der Waals surface area contributed by atoms with E-state index in [0.29, 0.717) is 21.9 Å². The number of benzene rings is 4. The second kappa shape index (κ2) is 14.7. The number of aromatic nitrogens is 2. The molecular weight excluding hydrogens is 638 g/mol. The molecule has 5 aromatic rings.